The van der Waals surface area contributed by atoms with Gasteiger partial charge in [0.05, 0.1) is 24.2 Å². The number of pyridine rings is 1. The van der Waals surface area contributed by atoms with Gasteiger partial charge in [-0.25, -0.2) is 24.1 Å². The zero-order valence-electron chi connectivity index (χ0n) is 20.3. The second-order valence-corrected chi connectivity index (χ2v) is 9.38. The minimum atomic E-state index is -1.13. The standard InChI is InChI=1S/C26H23Cl2N5O5/c1-15(23(34)35)16(2)33-25(36)31-24(32(26(33)37)14-17-3-5-18(27)6-4-17)30-20-7-9-21(10-8-20)38-22-13-19(28)11-12-29-22/h3-13,15-16H,14H2,1-2H3,(H,34,35)(H,30,31,36)/t15-,16+/m1/s1. The smallest absolute Gasteiger partial charge is 0.335 e. The van der Waals surface area contributed by atoms with E-state index in [0.717, 1.165) is 10.1 Å². The van der Waals surface area contributed by atoms with Gasteiger partial charge >= 0.3 is 17.3 Å². The van der Waals surface area contributed by atoms with Crippen LogP contribution >= 0.6 is 23.2 Å². The SMILES string of the molecule is C[C@@H](C(=O)O)[C@H](C)n1c(=O)[nH]/c(=N\c2ccc(Oc3cc(Cl)ccn3)cc2)n(Cc2ccc(Cl)cc2)c1=O. The molecule has 2 heterocycles. The van der Waals surface area contributed by atoms with Crippen molar-refractivity contribution >= 4 is 34.9 Å². The lowest BCUT2D eigenvalue weighted by Crippen LogP contribution is -2.52. The van der Waals surface area contributed by atoms with Crippen molar-refractivity contribution in [2.75, 3.05) is 0 Å². The highest BCUT2D eigenvalue weighted by atomic mass is 35.5. The van der Waals surface area contributed by atoms with E-state index in [1.54, 1.807) is 60.7 Å². The lowest BCUT2D eigenvalue weighted by molar-refractivity contribution is -0.142. The number of carbonyl (C=O) groups is 1. The zero-order valence-corrected chi connectivity index (χ0v) is 21.8. The molecule has 0 bridgehead atoms. The van der Waals surface area contributed by atoms with E-state index < -0.39 is 29.3 Å². The third kappa shape index (κ3) is 6.21. The van der Waals surface area contributed by atoms with Gasteiger partial charge in [-0.1, -0.05) is 35.3 Å². The van der Waals surface area contributed by atoms with Gasteiger partial charge in [-0.15, -0.1) is 0 Å². The van der Waals surface area contributed by atoms with Crippen LogP contribution in [-0.4, -0.2) is 30.2 Å². The fourth-order valence-electron chi connectivity index (χ4n) is 3.60. The highest BCUT2D eigenvalue weighted by Crippen LogP contribution is 2.24. The molecule has 12 heteroatoms. The van der Waals surface area contributed by atoms with Crippen molar-refractivity contribution in [3.05, 3.63) is 109 Å². The number of benzene rings is 2. The summed E-state index contributed by atoms with van der Waals surface area (Å²) in [6.07, 6.45) is 1.53. The molecule has 10 nitrogen and oxygen atoms in total. The summed E-state index contributed by atoms with van der Waals surface area (Å²) in [5.41, 5.74) is -0.320. The summed E-state index contributed by atoms with van der Waals surface area (Å²) in [6.45, 7) is 3.00. The second-order valence-electron chi connectivity index (χ2n) is 8.51. The van der Waals surface area contributed by atoms with Gasteiger partial charge in [-0.3, -0.25) is 14.3 Å². The number of ether oxygens (including phenoxy) is 1. The molecular formula is C26H23Cl2N5O5. The number of hydrogen-bond donors (Lipinski definition) is 2. The molecule has 0 spiro atoms. The molecule has 2 N–H and O–H groups in total. The Hall–Kier alpha value is -4.15. The summed E-state index contributed by atoms with van der Waals surface area (Å²) >= 11 is 12.0. The maximum atomic E-state index is 13.5. The van der Waals surface area contributed by atoms with E-state index in [4.69, 9.17) is 27.9 Å². The van der Waals surface area contributed by atoms with E-state index in [1.165, 1.54) is 24.6 Å². The molecule has 4 rings (SSSR count). The zero-order chi connectivity index (χ0) is 27.4. The molecule has 0 amide bonds. The lowest BCUT2D eigenvalue weighted by atomic mass is 10.0. The first-order chi connectivity index (χ1) is 18.1. The highest BCUT2D eigenvalue weighted by molar-refractivity contribution is 6.30. The highest BCUT2D eigenvalue weighted by Gasteiger charge is 2.25. The number of carboxylic acids is 1. The van der Waals surface area contributed by atoms with Crippen LogP contribution in [0, 0.1) is 5.92 Å². The lowest BCUT2D eigenvalue weighted by Gasteiger charge is -2.19. The summed E-state index contributed by atoms with van der Waals surface area (Å²) in [6, 6.07) is 15.7. The Morgan fingerprint density at radius 2 is 1.74 bits per heavy atom. The van der Waals surface area contributed by atoms with Gasteiger partial charge in [0.15, 0.2) is 0 Å². The number of hydrogen-bond acceptors (Lipinski definition) is 6. The molecule has 2 aromatic carbocycles. The third-order valence-electron chi connectivity index (χ3n) is 5.90. The number of H-pyrrole nitrogens is 1. The summed E-state index contributed by atoms with van der Waals surface area (Å²) < 4.78 is 7.85. The average Bonchev–Trinajstić information content (AvgIpc) is 2.88. The fourth-order valence-corrected chi connectivity index (χ4v) is 3.87. The Kier molecular flexibility index (Phi) is 8.13. The molecule has 38 heavy (non-hydrogen) atoms. The molecule has 4 aromatic rings. The summed E-state index contributed by atoms with van der Waals surface area (Å²) in [7, 11) is 0. The van der Waals surface area contributed by atoms with Gasteiger partial charge in [0.2, 0.25) is 11.5 Å². The van der Waals surface area contributed by atoms with Gasteiger partial charge in [0, 0.05) is 22.3 Å². The molecule has 196 valence electrons. The number of aromatic amines is 1. The van der Waals surface area contributed by atoms with Crippen LogP contribution in [0.25, 0.3) is 0 Å². The number of carboxylic acid groups (broad SMARTS) is 1. The Balaban J connectivity index is 1.77. The van der Waals surface area contributed by atoms with Crippen LogP contribution in [0.4, 0.5) is 5.69 Å². The maximum absolute atomic E-state index is 13.5. The van der Waals surface area contributed by atoms with Crippen LogP contribution in [0.5, 0.6) is 11.6 Å². The van der Waals surface area contributed by atoms with Crippen molar-refractivity contribution in [3.8, 4) is 11.6 Å². The number of nitrogens with one attached hydrogen (secondary N) is 1. The molecule has 0 saturated heterocycles. The quantitative estimate of drug-likeness (QED) is 0.331. The van der Waals surface area contributed by atoms with Crippen molar-refractivity contribution in [1.29, 1.82) is 0 Å². The van der Waals surface area contributed by atoms with E-state index in [9.17, 15) is 19.5 Å². The number of aromatic nitrogens is 4. The average molecular weight is 556 g/mol. The van der Waals surface area contributed by atoms with Crippen molar-refractivity contribution in [1.82, 2.24) is 19.1 Å². The van der Waals surface area contributed by atoms with Crippen molar-refractivity contribution in [2.24, 2.45) is 10.9 Å². The monoisotopic (exact) mass is 555 g/mol. The molecule has 0 aliphatic heterocycles. The van der Waals surface area contributed by atoms with Crippen LogP contribution < -0.4 is 21.7 Å². The van der Waals surface area contributed by atoms with Crippen LogP contribution in [0.1, 0.15) is 25.5 Å². The van der Waals surface area contributed by atoms with Gasteiger partial charge in [0.25, 0.3) is 0 Å². The largest absolute Gasteiger partial charge is 0.481 e. The number of rotatable bonds is 8. The van der Waals surface area contributed by atoms with Crippen molar-refractivity contribution < 1.29 is 14.6 Å². The molecule has 0 saturated carbocycles. The Bertz CT molecular complexity index is 1640. The Morgan fingerprint density at radius 3 is 2.37 bits per heavy atom. The number of halogens is 2. The minimum absolute atomic E-state index is 0.00782. The first-order valence-corrected chi connectivity index (χ1v) is 12.2. The molecule has 0 radical (unpaired) electrons. The van der Waals surface area contributed by atoms with Crippen LogP contribution in [0.15, 0.2) is 81.4 Å². The molecule has 2 atom stereocenters. The predicted molar refractivity (Wildman–Crippen MR) is 142 cm³/mol. The van der Waals surface area contributed by atoms with E-state index in [2.05, 4.69) is 15.0 Å². The summed E-state index contributed by atoms with van der Waals surface area (Å²) in [5.74, 6) is -1.31. The number of nitrogens with zero attached hydrogens (tertiary/aromatic N) is 4. The molecule has 0 aliphatic rings. The van der Waals surface area contributed by atoms with Crippen molar-refractivity contribution in [2.45, 2.75) is 26.4 Å². The Morgan fingerprint density at radius 1 is 1.05 bits per heavy atom. The topological polar surface area (TPSA) is 132 Å². The van der Waals surface area contributed by atoms with Crippen LogP contribution in [-0.2, 0) is 11.3 Å². The molecule has 0 unspecified atom stereocenters. The normalized spacial score (nSPS) is 13.2. The predicted octanol–water partition coefficient (Wildman–Crippen LogP) is 4.39. The molecule has 2 aromatic heterocycles. The van der Waals surface area contributed by atoms with Gasteiger partial charge in [0.1, 0.15) is 5.75 Å². The third-order valence-corrected chi connectivity index (χ3v) is 6.38. The number of aliphatic carboxylic acids is 1. The maximum Gasteiger partial charge on any atom is 0.335 e. The summed E-state index contributed by atoms with van der Waals surface area (Å²) in [5, 5.41) is 10.4. The van der Waals surface area contributed by atoms with E-state index >= 15 is 0 Å². The first kappa shape index (κ1) is 26.9. The Labute approximate surface area is 226 Å². The van der Waals surface area contributed by atoms with Crippen LogP contribution in [0.2, 0.25) is 10.0 Å². The van der Waals surface area contributed by atoms with Gasteiger partial charge in [-0.05, 0) is 61.9 Å². The van der Waals surface area contributed by atoms with Gasteiger partial charge in [-0.2, -0.15) is 0 Å². The molecular weight excluding hydrogens is 533 g/mol. The molecule has 0 fully saturated rings. The van der Waals surface area contributed by atoms with Crippen molar-refractivity contribution in [3.63, 3.8) is 0 Å². The van der Waals surface area contributed by atoms with E-state index in [-0.39, 0.29) is 12.2 Å². The fraction of sp³-hybridized carbons (Fsp3) is 0.192. The van der Waals surface area contributed by atoms with E-state index in [0.29, 0.717) is 27.4 Å². The van der Waals surface area contributed by atoms with Crippen LogP contribution in [0.3, 0.4) is 0 Å². The minimum Gasteiger partial charge on any atom is -0.481 e. The first-order valence-electron chi connectivity index (χ1n) is 11.5. The van der Waals surface area contributed by atoms with Gasteiger partial charge < -0.3 is 9.84 Å². The summed E-state index contributed by atoms with van der Waals surface area (Å²) in [4.78, 5) is 49.2. The second kappa shape index (κ2) is 11.5. The molecule has 0 aliphatic carbocycles. The van der Waals surface area contributed by atoms with E-state index in [1.807, 2.05) is 0 Å².